The third kappa shape index (κ3) is 3.12. The quantitative estimate of drug-likeness (QED) is 0.882. The number of amides is 1. The predicted octanol–water partition coefficient (Wildman–Crippen LogP) is 1.79. The van der Waals surface area contributed by atoms with Crippen molar-refractivity contribution in [1.82, 2.24) is 5.32 Å². The summed E-state index contributed by atoms with van der Waals surface area (Å²) in [6.07, 6.45) is 0. The number of aliphatic imine (C=N–C) groups is 1. The van der Waals surface area contributed by atoms with Gasteiger partial charge in [-0.3, -0.25) is 19.8 Å². The van der Waals surface area contributed by atoms with E-state index in [1.54, 1.807) is 0 Å². The van der Waals surface area contributed by atoms with E-state index in [1.807, 2.05) is 54.6 Å². The van der Waals surface area contributed by atoms with Crippen LogP contribution in [-0.4, -0.2) is 35.9 Å². The van der Waals surface area contributed by atoms with Crippen LogP contribution in [0.3, 0.4) is 0 Å². The van der Waals surface area contributed by atoms with Crippen LogP contribution in [-0.2, 0) is 9.59 Å². The van der Waals surface area contributed by atoms with Crippen molar-refractivity contribution in [2.24, 2.45) is 4.99 Å². The van der Waals surface area contributed by atoms with E-state index in [-0.39, 0.29) is 19.1 Å². The number of para-hydroxylation sites is 2. The monoisotopic (exact) mass is 309 g/mol. The molecule has 0 spiro atoms. The molecule has 0 aromatic heterocycles. The molecule has 0 atom stereocenters. The second kappa shape index (κ2) is 6.41. The summed E-state index contributed by atoms with van der Waals surface area (Å²) in [5.41, 5.74) is 2.54. The van der Waals surface area contributed by atoms with Crippen LogP contribution < -0.4 is 10.2 Å². The molecular weight excluding hydrogens is 294 g/mol. The summed E-state index contributed by atoms with van der Waals surface area (Å²) >= 11 is 0. The summed E-state index contributed by atoms with van der Waals surface area (Å²) in [7, 11) is 0. The summed E-state index contributed by atoms with van der Waals surface area (Å²) in [6, 6.07) is 16.6. The Kier molecular flexibility index (Phi) is 4.16. The van der Waals surface area contributed by atoms with Gasteiger partial charge in [0.25, 0.3) is 5.91 Å². The van der Waals surface area contributed by atoms with Crippen LogP contribution in [0, 0.1) is 0 Å². The van der Waals surface area contributed by atoms with Gasteiger partial charge in [-0.25, -0.2) is 4.99 Å². The molecule has 0 saturated heterocycles. The number of benzene rings is 2. The number of rotatable bonds is 5. The lowest BCUT2D eigenvalue weighted by Crippen LogP contribution is -2.40. The molecule has 0 saturated carbocycles. The number of anilines is 1. The minimum absolute atomic E-state index is 0.121. The SMILES string of the molecule is O=C(O)CNCN1C(=O)C(=Nc2ccccc2)c2ccccc21. The molecule has 3 rings (SSSR count). The Morgan fingerprint density at radius 2 is 1.78 bits per heavy atom. The Labute approximate surface area is 133 Å². The summed E-state index contributed by atoms with van der Waals surface area (Å²) in [5, 5.41) is 11.4. The van der Waals surface area contributed by atoms with Crippen LogP contribution in [0.25, 0.3) is 0 Å². The van der Waals surface area contributed by atoms with E-state index in [1.165, 1.54) is 4.90 Å². The first-order valence-corrected chi connectivity index (χ1v) is 7.14. The molecular formula is C17H15N3O3. The van der Waals surface area contributed by atoms with Gasteiger partial charge in [0.15, 0.2) is 0 Å². The van der Waals surface area contributed by atoms with Crippen molar-refractivity contribution in [3.8, 4) is 0 Å². The molecule has 6 heteroatoms. The van der Waals surface area contributed by atoms with Crippen molar-refractivity contribution in [1.29, 1.82) is 0 Å². The molecule has 2 aromatic rings. The maximum absolute atomic E-state index is 12.7. The topological polar surface area (TPSA) is 82.0 Å². The van der Waals surface area contributed by atoms with Gasteiger partial charge in [-0.15, -0.1) is 0 Å². The van der Waals surface area contributed by atoms with Crippen LogP contribution in [0.5, 0.6) is 0 Å². The molecule has 0 fully saturated rings. The Balaban J connectivity index is 1.92. The van der Waals surface area contributed by atoms with E-state index in [4.69, 9.17) is 5.11 Å². The normalized spacial score (nSPS) is 15.0. The Hall–Kier alpha value is -2.99. The molecule has 1 amide bonds. The number of fused-ring (bicyclic) bond motifs is 1. The molecule has 2 aromatic carbocycles. The van der Waals surface area contributed by atoms with E-state index >= 15 is 0 Å². The van der Waals surface area contributed by atoms with Crippen LogP contribution in [0.1, 0.15) is 5.56 Å². The predicted molar refractivity (Wildman–Crippen MR) is 87.1 cm³/mol. The van der Waals surface area contributed by atoms with Gasteiger partial charge in [-0.2, -0.15) is 0 Å². The maximum Gasteiger partial charge on any atom is 0.317 e. The van der Waals surface area contributed by atoms with Crippen molar-refractivity contribution in [2.45, 2.75) is 0 Å². The van der Waals surface area contributed by atoms with Crippen LogP contribution >= 0.6 is 0 Å². The van der Waals surface area contributed by atoms with E-state index in [9.17, 15) is 9.59 Å². The van der Waals surface area contributed by atoms with E-state index in [2.05, 4.69) is 10.3 Å². The first-order chi connectivity index (χ1) is 11.2. The molecule has 2 N–H and O–H groups in total. The first-order valence-electron chi connectivity index (χ1n) is 7.14. The molecule has 0 bridgehead atoms. The Morgan fingerprint density at radius 3 is 2.52 bits per heavy atom. The number of nitrogens with one attached hydrogen (secondary N) is 1. The maximum atomic E-state index is 12.7. The molecule has 0 aliphatic carbocycles. The zero-order chi connectivity index (χ0) is 16.2. The van der Waals surface area contributed by atoms with Crippen LogP contribution in [0.15, 0.2) is 59.6 Å². The van der Waals surface area contributed by atoms with Crippen molar-refractivity contribution >= 4 is 29.0 Å². The van der Waals surface area contributed by atoms with Gasteiger partial charge >= 0.3 is 5.97 Å². The molecule has 0 unspecified atom stereocenters. The molecule has 116 valence electrons. The molecule has 1 aliphatic rings. The highest BCUT2D eigenvalue weighted by atomic mass is 16.4. The van der Waals surface area contributed by atoms with Crippen molar-refractivity contribution < 1.29 is 14.7 Å². The number of carbonyl (C=O) groups is 2. The van der Waals surface area contributed by atoms with Gasteiger partial charge in [0.05, 0.1) is 24.6 Å². The van der Waals surface area contributed by atoms with Gasteiger partial charge in [0, 0.05) is 5.56 Å². The van der Waals surface area contributed by atoms with Gasteiger partial charge in [0.1, 0.15) is 5.71 Å². The third-order valence-corrected chi connectivity index (χ3v) is 3.44. The van der Waals surface area contributed by atoms with Crippen molar-refractivity contribution in [3.63, 3.8) is 0 Å². The lowest BCUT2D eigenvalue weighted by molar-refractivity contribution is -0.136. The van der Waals surface area contributed by atoms with Crippen molar-refractivity contribution in [2.75, 3.05) is 18.1 Å². The highest BCUT2D eigenvalue weighted by Crippen LogP contribution is 2.30. The molecule has 23 heavy (non-hydrogen) atoms. The second-order valence-corrected chi connectivity index (χ2v) is 5.02. The number of nitrogens with zero attached hydrogens (tertiary/aromatic N) is 2. The fourth-order valence-electron chi connectivity index (χ4n) is 2.43. The largest absolute Gasteiger partial charge is 0.480 e. The number of carboxylic acids is 1. The standard InChI is InChI=1S/C17H15N3O3/c21-15(22)10-18-11-20-14-9-5-4-8-13(14)16(17(20)23)19-12-6-2-1-3-7-12/h1-9,18H,10-11H2,(H,21,22). The number of carbonyl (C=O) groups excluding carboxylic acids is 1. The lowest BCUT2D eigenvalue weighted by Gasteiger charge is -2.16. The van der Waals surface area contributed by atoms with Gasteiger partial charge in [-0.1, -0.05) is 36.4 Å². The highest BCUT2D eigenvalue weighted by molar-refractivity contribution is 6.54. The number of hydrogen-bond donors (Lipinski definition) is 2. The lowest BCUT2D eigenvalue weighted by atomic mass is 10.1. The average Bonchev–Trinajstić information content (AvgIpc) is 2.81. The first kappa shape index (κ1) is 14.9. The minimum atomic E-state index is -0.969. The summed E-state index contributed by atoms with van der Waals surface area (Å²) in [4.78, 5) is 29.2. The van der Waals surface area contributed by atoms with Crippen molar-refractivity contribution in [3.05, 3.63) is 60.2 Å². The Morgan fingerprint density at radius 1 is 1.09 bits per heavy atom. The zero-order valence-electron chi connectivity index (χ0n) is 12.3. The molecule has 1 heterocycles. The average molecular weight is 309 g/mol. The number of carboxylic acid groups (broad SMARTS) is 1. The van der Waals surface area contributed by atoms with Gasteiger partial charge in [-0.05, 0) is 18.2 Å². The van der Waals surface area contributed by atoms with E-state index < -0.39 is 5.97 Å². The number of hydrogen-bond acceptors (Lipinski definition) is 4. The highest BCUT2D eigenvalue weighted by Gasteiger charge is 2.33. The van der Waals surface area contributed by atoms with E-state index in [0.29, 0.717) is 11.4 Å². The smallest absolute Gasteiger partial charge is 0.317 e. The van der Waals surface area contributed by atoms with Gasteiger partial charge < -0.3 is 5.11 Å². The Bertz CT molecular complexity index is 772. The zero-order valence-corrected chi connectivity index (χ0v) is 12.3. The molecule has 0 radical (unpaired) electrons. The number of aliphatic carboxylic acids is 1. The van der Waals surface area contributed by atoms with Crippen LogP contribution in [0.2, 0.25) is 0 Å². The second-order valence-electron chi connectivity index (χ2n) is 5.02. The fraction of sp³-hybridized carbons (Fsp3) is 0.118. The fourth-order valence-corrected chi connectivity index (χ4v) is 2.43. The summed E-state index contributed by atoms with van der Waals surface area (Å²) in [5.74, 6) is -1.21. The summed E-state index contributed by atoms with van der Waals surface area (Å²) < 4.78 is 0. The minimum Gasteiger partial charge on any atom is -0.480 e. The van der Waals surface area contributed by atoms with E-state index in [0.717, 1.165) is 11.3 Å². The summed E-state index contributed by atoms with van der Waals surface area (Å²) in [6.45, 7) is -0.0902. The molecule has 1 aliphatic heterocycles. The third-order valence-electron chi connectivity index (χ3n) is 3.44. The van der Waals surface area contributed by atoms with Gasteiger partial charge in [0.2, 0.25) is 0 Å². The van der Waals surface area contributed by atoms with Crippen LogP contribution in [0.4, 0.5) is 11.4 Å². The molecule has 6 nitrogen and oxygen atoms in total.